The number of hydrogen-bond acceptors (Lipinski definition) is 7. The molecule has 2 aromatic rings. The molecule has 0 aliphatic heterocycles. The van der Waals surface area contributed by atoms with Crippen LogP contribution in [-0.2, 0) is 14.3 Å². The van der Waals surface area contributed by atoms with Gasteiger partial charge in [0.15, 0.2) is 0 Å². The average Bonchev–Trinajstić information content (AvgIpc) is 2.99. The summed E-state index contributed by atoms with van der Waals surface area (Å²) in [5.74, 6) is -1.41. The van der Waals surface area contributed by atoms with Crippen molar-refractivity contribution in [2.75, 3.05) is 19.0 Å². The number of ether oxygens (including phenoxy) is 2. The third kappa shape index (κ3) is 5.14. The maximum Gasteiger partial charge on any atom is 0.348 e. The van der Waals surface area contributed by atoms with Crippen molar-refractivity contribution in [1.29, 1.82) is 0 Å². The van der Waals surface area contributed by atoms with Crippen LogP contribution in [0.25, 0.3) is 0 Å². The summed E-state index contributed by atoms with van der Waals surface area (Å²) in [4.78, 5) is 38.3. The Bertz CT molecular complexity index is 873. The first kappa shape index (κ1) is 22.0. The van der Waals surface area contributed by atoms with Crippen LogP contribution in [-0.4, -0.2) is 36.8 Å². The van der Waals surface area contributed by atoms with Gasteiger partial charge in [0.05, 0.1) is 24.5 Å². The summed E-state index contributed by atoms with van der Waals surface area (Å²) < 4.78 is 9.85. The van der Waals surface area contributed by atoms with E-state index in [1.165, 1.54) is 18.9 Å². The first-order valence-electron chi connectivity index (χ1n) is 8.71. The van der Waals surface area contributed by atoms with E-state index < -0.39 is 17.2 Å². The summed E-state index contributed by atoms with van der Waals surface area (Å²) in [5.41, 5.74) is 1.76. The molecule has 0 radical (unpaired) electrons. The maximum absolute atomic E-state index is 12.7. The highest BCUT2D eigenvalue weighted by Crippen LogP contribution is 2.35. The summed E-state index contributed by atoms with van der Waals surface area (Å²) in [6.07, 6.45) is 0. The molecule has 0 saturated heterocycles. The van der Waals surface area contributed by atoms with Gasteiger partial charge in [0.1, 0.15) is 9.88 Å². The van der Waals surface area contributed by atoms with Crippen LogP contribution < -0.4 is 5.32 Å². The van der Waals surface area contributed by atoms with E-state index in [0.717, 1.165) is 21.8 Å². The predicted molar refractivity (Wildman–Crippen MR) is 111 cm³/mol. The zero-order valence-corrected chi connectivity index (χ0v) is 18.1. The van der Waals surface area contributed by atoms with Crippen molar-refractivity contribution < 1.29 is 23.9 Å². The fraction of sp³-hybridized carbons (Fsp3) is 0.350. The zero-order valence-electron chi connectivity index (χ0n) is 16.5. The number of hydrogen-bond donors (Lipinski definition) is 1. The van der Waals surface area contributed by atoms with E-state index in [0.29, 0.717) is 5.56 Å². The Morgan fingerprint density at radius 3 is 2.36 bits per heavy atom. The number of benzene rings is 1. The van der Waals surface area contributed by atoms with Gasteiger partial charge in [0.25, 0.3) is 0 Å². The largest absolute Gasteiger partial charge is 0.465 e. The predicted octanol–water partition coefficient (Wildman–Crippen LogP) is 4.45. The second-order valence-electron chi connectivity index (χ2n) is 6.03. The summed E-state index contributed by atoms with van der Waals surface area (Å²) in [6, 6.07) is 7.88. The molecule has 28 heavy (non-hydrogen) atoms. The van der Waals surface area contributed by atoms with Crippen molar-refractivity contribution in [3.05, 3.63) is 45.8 Å². The summed E-state index contributed by atoms with van der Waals surface area (Å²) in [6.45, 7) is 7.34. The number of carbonyl (C=O) groups excluding carboxylic acids is 3. The Morgan fingerprint density at radius 2 is 1.79 bits per heavy atom. The lowest BCUT2D eigenvalue weighted by Gasteiger charge is -2.12. The molecule has 0 bridgehead atoms. The van der Waals surface area contributed by atoms with Crippen LogP contribution >= 0.6 is 23.1 Å². The van der Waals surface area contributed by atoms with E-state index in [9.17, 15) is 14.4 Å². The van der Waals surface area contributed by atoms with Crippen LogP contribution in [0.2, 0.25) is 0 Å². The van der Waals surface area contributed by atoms with Crippen LogP contribution in [0, 0.1) is 13.8 Å². The van der Waals surface area contributed by atoms with Crippen molar-refractivity contribution >= 4 is 45.9 Å². The molecule has 1 N–H and O–H groups in total. The van der Waals surface area contributed by atoms with Gasteiger partial charge in [-0.3, -0.25) is 4.79 Å². The first-order chi connectivity index (χ1) is 13.3. The number of methoxy groups -OCH3 is 1. The van der Waals surface area contributed by atoms with Crippen LogP contribution in [0.1, 0.15) is 45.0 Å². The second kappa shape index (κ2) is 9.75. The Hall–Kier alpha value is -2.32. The smallest absolute Gasteiger partial charge is 0.348 e. The minimum atomic E-state index is -0.613. The third-order valence-corrected chi connectivity index (χ3v) is 6.24. The Kier molecular flexibility index (Phi) is 7.65. The van der Waals surface area contributed by atoms with Crippen LogP contribution in [0.3, 0.4) is 0 Å². The van der Waals surface area contributed by atoms with Crippen LogP contribution in [0.5, 0.6) is 0 Å². The molecule has 8 heteroatoms. The number of thiophene rings is 1. The van der Waals surface area contributed by atoms with Gasteiger partial charge in [-0.2, -0.15) is 0 Å². The number of thioether (sulfide) groups is 1. The highest BCUT2D eigenvalue weighted by molar-refractivity contribution is 8.00. The molecule has 1 atom stereocenters. The average molecular weight is 422 g/mol. The van der Waals surface area contributed by atoms with Gasteiger partial charge in [-0.1, -0.05) is 17.7 Å². The number of aryl methyl sites for hydroxylation is 1. The van der Waals surface area contributed by atoms with E-state index in [2.05, 4.69) is 5.32 Å². The Morgan fingerprint density at radius 1 is 1.14 bits per heavy atom. The molecule has 1 unspecified atom stereocenters. The van der Waals surface area contributed by atoms with Gasteiger partial charge in [-0.25, -0.2) is 9.59 Å². The molecular formula is C20H23NO5S2. The first-order valence-corrected chi connectivity index (χ1v) is 10.4. The molecule has 1 heterocycles. The summed E-state index contributed by atoms with van der Waals surface area (Å²) >= 11 is 2.43. The minimum Gasteiger partial charge on any atom is -0.465 e. The fourth-order valence-electron chi connectivity index (χ4n) is 2.43. The van der Waals surface area contributed by atoms with E-state index in [1.807, 2.05) is 31.2 Å². The van der Waals surface area contributed by atoms with Crippen LogP contribution in [0.4, 0.5) is 5.00 Å². The lowest BCUT2D eigenvalue weighted by atomic mass is 10.1. The Labute approximate surface area is 172 Å². The third-order valence-electron chi connectivity index (χ3n) is 3.94. The second-order valence-corrected chi connectivity index (χ2v) is 8.47. The molecule has 0 aliphatic rings. The van der Waals surface area contributed by atoms with Crippen LogP contribution in [0.15, 0.2) is 29.2 Å². The molecule has 1 aromatic carbocycles. The zero-order chi connectivity index (χ0) is 20.8. The number of esters is 2. The van der Waals surface area contributed by atoms with Crippen molar-refractivity contribution in [1.82, 2.24) is 0 Å². The standard InChI is InChI=1S/C20H23NO5S2/c1-6-26-20(24)16-12(3)15(19(23)25-5)18(28-16)21-17(22)13(4)27-14-9-7-11(2)8-10-14/h7-10,13H,6H2,1-5H3,(H,21,22). The normalized spacial score (nSPS) is 11.6. The topological polar surface area (TPSA) is 81.7 Å². The molecule has 0 spiro atoms. The fourth-order valence-corrected chi connectivity index (χ4v) is 4.39. The number of rotatable bonds is 7. The van der Waals surface area contributed by atoms with E-state index in [1.54, 1.807) is 20.8 Å². The Balaban J connectivity index is 2.24. The monoisotopic (exact) mass is 421 g/mol. The molecule has 0 fully saturated rings. The van der Waals surface area contributed by atoms with Crippen molar-refractivity contribution in [3.63, 3.8) is 0 Å². The lowest BCUT2D eigenvalue weighted by molar-refractivity contribution is -0.115. The number of carbonyl (C=O) groups is 3. The van der Waals surface area contributed by atoms with Gasteiger partial charge in [0.2, 0.25) is 5.91 Å². The van der Waals surface area contributed by atoms with E-state index >= 15 is 0 Å². The van der Waals surface area contributed by atoms with Crippen molar-refractivity contribution in [2.24, 2.45) is 0 Å². The number of amides is 1. The SMILES string of the molecule is CCOC(=O)c1sc(NC(=O)C(C)Sc2ccc(C)cc2)c(C(=O)OC)c1C. The van der Waals surface area contributed by atoms with E-state index in [-0.39, 0.29) is 28.0 Å². The van der Waals surface area contributed by atoms with Gasteiger partial charge in [0, 0.05) is 4.90 Å². The lowest BCUT2D eigenvalue weighted by Crippen LogP contribution is -2.23. The number of nitrogens with one attached hydrogen (secondary N) is 1. The quantitative estimate of drug-likeness (QED) is 0.525. The summed E-state index contributed by atoms with van der Waals surface area (Å²) in [7, 11) is 1.25. The minimum absolute atomic E-state index is 0.177. The molecule has 1 aromatic heterocycles. The highest BCUT2D eigenvalue weighted by Gasteiger charge is 2.28. The van der Waals surface area contributed by atoms with Gasteiger partial charge < -0.3 is 14.8 Å². The van der Waals surface area contributed by atoms with E-state index in [4.69, 9.17) is 9.47 Å². The van der Waals surface area contributed by atoms with Gasteiger partial charge in [-0.15, -0.1) is 23.1 Å². The van der Waals surface area contributed by atoms with Gasteiger partial charge in [-0.05, 0) is 45.4 Å². The molecule has 6 nitrogen and oxygen atoms in total. The van der Waals surface area contributed by atoms with Gasteiger partial charge >= 0.3 is 11.9 Å². The number of anilines is 1. The molecule has 0 saturated carbocycles. The van der Waals surface area contributed by atoms with Crippen molar-refractivity contribution in [2.45, 2.75) is 37.8 Å². The molecule has 150 valence electrons. The molecule has 2 rings (SSSR count). The maximum atomic E-state index is 12.7. The molecular weight excluding hydrogens is 398 g/mol. The molecule has 1 amide bonds. The highest BCUT2D eigenvalue weighted by atomic mass is 32.2. The summed E-state index contributed by atoms with van der Waals surface area (Å²) in [5, 5.41) is 2.65. The van der Waals surface area contributed by atoms with Crippen molar-refractivity contribution in [3.8, 4) is 0 Å². The molecule has 0 aliphatic carbocycles.